The van der Waals surface area contributed by atoms with Gasteiger partial charge in [0.05, 0.1) is 0 Å². The topological polar surface area (TPSA) is 90.5 Å². The molecule has 3 amide bonds. The summed E-state index contributed by atoms with van der Waals surface area (Å²) >= 11 is 0. The molecule has 1 aliphatic carbocycles. The summed E-state index contributed by atoms with van der Waals surface area (Å²) in [4.78, 5) is 37.8. The Hall–Kier alpha value is -2.25. The molecule has 2 saturated heterocycles. The van der Waals surface area contributed by atoms with E-state index in [0.717, 1.165) is 25.2 Å². The zero-order chi connectivity index (χ0) is 18.6. The van der Waals surface area contributed by atoms with Gasteiger partial charge in [-0.2, -0.15) is 0 Å². The monoisotopic (exact) mass is 368 g/mol. The van der Waals surface area contributed by atoms with Gasteiger partial charge in [0.15, 0.2) is 0 Å². The molecule has 1 spiro atoms. The molecule has 1 saturated carbocycles. The van der Waals surface area contributed by atoms with Gasteiger partial charge in [-0.15, -0.1) is 0 Å². The van der Waals surface area contributed by atoms with Crippen molar-refractivity contribution in [2.24, 2.45) is 5.41 Å². The predicted octanol–water partition coefficient (Wildman–Crippen LogP) is 0.289. The number of nitrogens with one attached hydrogen (secondary N) is 3. The molecule has 3 N–H and O–H groups in total. The lowest BCUT2D eigenvalue weighted by Crippen LogP contribution is -2.64. The molecule has 0 bridgehead atoms. The number of carbonyl (C=O) groups excluding carboxylic acids is 3. The molecule has 1 aromatic rings. The van der Waals surface area contributed by atoms with Crippen molar-refractivity contribution in [3.05, 3.63) is 34.9 Å². The van der Waals surface area contributed by atoms with Crippen molar-refractivity contribution in [1.82, 2.24) is 20.9 Å². The molecular formula is C20H24N4O3. The van der Waals surface area contributed by atoms with Crippen molar-refractivity contribution in [3.8, 4) is 0 Å². The standard InChI is InChI=1S/C20H24N4O3/c25-17-4-3-16(18(26)23-17)24-9-13-5-12(1-2-15(13)19(24)27)8-22-14-6-20(7-14)10-21-11-20/h1-2,5,14,16,21-22H,3-4,6-11H2,(H,23,25,26). The quantitative estimate of drug-likeness (QED) is 0.665. The van der Waals surface area contributed by atoms with Gasteiger partial charge < -0.3 is 15.5 Å². The predicted molar refractivity (Wildman–Crippen MR) is 97.7 cm³/mol. The van der Waals surface area contributed by atoms with E-state index in [4.69, 9.17) is 0 Å². The Balaban J connectivity index is 1.22. The zero-order valence-corrected chi connectivity index (χ0v) is 15.2. The molecule has 1 unspecified atom stereocenters. The van der Waals surface area contributed by atoms with Crippen LogP contribution in [0, 0.1) is 5.41 Å². The molecule has 142 valence electrons. The molecule has 3 aliphatic heterocycles. The summed E-state index contributed by atoms with van der Waals surface area (Å²) in [6.07, 6.45) is 3.17. The average Bonchev–Trinajstić information content (AvgIpc) is 2.88. The lowest BCUT2D eigenvalue weighted by Gasteiger charge is -2.54. The Labute approximate surface area is 157 Å². The minimum atomic E-state index is -0.550. The molecule has 3 heterocycles. The second-order valence-electron chi connectivity index (χ2n) is 8.48. The Morgan fingerprint density at radius 2 is 2.00 bits per heavy atom. The molecule has 5 rings (SSSR count). The number of hydrogen-bond acceptors (Lipinski definition) is 5. The number of benzene rings is 1. The summed E-state index contributed by atoms with van der Waals surface area (Å²) in [6, 6.07) is 5.98. The van der Waals surface area contributed by atoms with Crippen LogP contribution in [0.1, 0.15) is 47.2 Å². The highest BCUT2D eigenvalue weighted by molar-refractivity contribution is 6.05. The van der Waals surface area contributed by atoms with Gasteiger partial charge in [0.25, 0.3) is 5.91 Å². The van der Waals surface area contributed by atoms with E-state index in [-0.39, 0.29) is 24.1 Å². The fourth-order valence-corrected chi connectivity index (χ4v) is 4.90. The summed E-state index contributed by atoms with van der Waals surface area (Å²) in [7, 11) is 0. The van der Waals surface area contributed by atoms with Crippen molar-refractivity contribution >= 4 is 17.7 Å². The third kappa shape index (κ3) is 2.85. The van der Waals surface area contributed by atoms with E-state index in [1.807, 2.05) is 12.1 Å². The molecule has 1 aromatic carbocycles. The van der Waals surface area contributed by atoms with Crippen LogP contribution in [-0.2, 0) is 22.7 Å². The van der Waals surface area contributed by atoms with Crippen LogP contribution < -0.4 is 16.0 Å². The minimum absolute atomic E-state index is 0.113. The van der Waals surface area contributed by atoms with Crippen LogP contribution in [0.4, 0.5) is 0 Å². The summed E-state index contributed by atoms with van der Waals surface area (Å²) in [5.74, 6) is -0.736. The molecular weight excluding hydrogens is 344 g/mol. The number of hydrogen-bond donors (Lipinski definition) is 3. The van der Waals surface area contributed by atoms with Crippen LogP contribution in [-0.4, -0.2) is 47.8 Å². The van der Waals surface area contributed by atoms with Crippen LogP contribution in [0.25, 0.3) is 0 Å². The van der Waals surface area contributed by atoms with E-state index < -0.39 is 6.04 Å². The van der Waals surface area contributed by atoms with Gasteiger partial charge in [-0.1, -0.05) is 12.1 Å². The van der Waals surface area contributed by atoms with E-state index >= 15 is 0 Å². The maximum Gasteiger partial charge on any atom is 0.255 e. The van der Waals surface area contributed by atoms with Crippen molar-refractivity contribution in [1.29, 1.82) is 0 Å². The van der Waals surface area contributed by atoms with Gasteiger partial charge in [-0.05, 0) is 41.9 Å². The fourth-order valence-electron chi connectivity index (χ4n) is 4.90. The van der Waals surface area contributed by atoms with E-state index in [2.05, 4.69) is 22.0 Å². The third-order valence-electron chi connectivity index (χ3n) is 6.54. The van der Waals surface area contributed by atoms with Crippen LogP contribution in [0.15, 0.2) is 18.2 Å². The number of piperidine rings is 1. The number of carbonyl (C=O) groups is 3. The fraction of sp³-hybridized carbons (Fsp3) is 0.550. The van der Waals surface area contributed by atoms with Gasteiger partial charge >= 0.3 is 0 Å². The smallest absolute Gasteiger partial charge is 0.255 e. The summed E-state index contributed by atoms with van der Waals surface area (Å²) in [5, 5.41) is 9.32. The third-order valence-corrected chi connectivity index (χ3v) is 6.54. The largest absolute Gasteiger partial charge is 0.322 e. The SMILES string of the molecule is O=C1CCC(N2Cc3cc(CNC4CC5(CNC5)C4)ccc3C2=O)C(=O)N1. The first-order valence-electron chi connectivity index (χ1n) is 9.74. The lowest BCUT2D eigenvalue weighted by atomic mass is 9.61. The molecule has 27 heavy (non-hydrogen) atoms. The molecule has 0 radical (unpaired) electrons. The van der Waals surface area contributed by atoms with Crippen molar-refractivity contribution in [2.45, 2.75) is 50.9 Å². The molecule has 7 nitrogen and oxygen atoms in total. The maximum atomic E-state index is 12.7. The van der Waals surface area contributed by atoms with Gasteiger partial charge in [-0.3, -0.25) is 19.7 Å². The highest BCUT2D eigenvalue weighted by atomic mass is 16.2. The molecule has 4 aliphatic rings. The first-order chi connectivity index (χ1) is 13.0. The van der Waals surface area contributed by atoms with Gasteiger partial charge in [0.2, 0.25) is 11.8 Å². The average molecular weight is 368 g/mol. The van der Waals surface area contributed by atoms with E-state index in [1.165, 1.54) is 18.4 Å². The lowest BCUT2D eigenvalue weighted by molar-refractivity contribution is -0.136. The van der Waals surface area contributed by atoms with Crippen LogP contribution in [0.5, 0.6) is 0 Å². The summed E-state index contributed by atoms with van der Waals surface area (Å²) in [6.45, 7) is 3.55. The van der Waals surface area contributed by atoms with E-state index in [1.54, 1.807) is 4.90 Å². The van der Waals surface area contributed by atoms with E-state index in [0.29, 0.717) is 30.0 Å². The molecule has 7 heteroatoms. The first kappa shape index (κ1) is 16.9. The number of amides is 3. The summed E-state index contributed by atoms with van der Waals surface area (Å²) in [5.41, 5.74) is 3.37. The van der Waals surface area contributed by atoms with Crippen LogP contribution in [0.2, 0.25) is 0 Å². The second-order valence-corrected chi connectivity index (χ2v) is 8.48. The minimum Gasteiger partial charge on any atom is -0.322 e. The highest BCUT2D eigenvalue weighted by Crippen LogP contribution is 2.44. The number of nitrogens with zero attached hydrogens (tertiary/aromatic N) is 1. The van der Waals surface area contributed by atoms with Gasteiger partial charge in [0, 0.05) is 44.2 Å². The number of rotatable bonds is 4. The van der Waals surface area contributed by atoms with Crippen LogP contribution >= 0.6 is 0 Å². The maximum absolute atomic E-state index is 12.7. The molecule has 0 aromatic heterocycles. The van der Waals surface area contributed by atoms with Crippen LogP contribution in [0.3, 0.4) is 0 Å². The van der Waals surface area contributed by atoms with Crippen molar-refractivity contribution < 1.29 is 14.4 Å². The van der Waals surface area contributed by atoms with E-state index in [9.17, 15) is 14.4 Å². The molecule has 3 fully saturated rings. The Kier molecular flexibility index (Phi) is 3.84. The van der Waals surface area contributed by atoms with Crippen molar-refractivity contribution in [2.75, 3.05) is 13.1 Å². The zero-order valence-electron chi connectivity index (χ0n) is 15.2. The van der Waals surface area contributed by atoms with Gasteiger partial charge in [-0.25, -0.2) is 0 Å². The van der Waals surface area contributed by atoms with Crippen molar-refractivity contribution in [3.63, 3.8) is 0 Å². The highest BCUT2D eigenvalue weighted by Gasteiger charge is 2.48. The Morgan fingerprint density at radius 3 is 2.70 bits per heavy atom. The Morgan fingerprint density at radius 1 is 1.19 bits per heavy atom. The number of fused-ring (bicyclic) bond motifs is 1. The van der Waals surface area contributed by atoms with Gasteiger partial charge in [0.1, 0.15) is 6.04 Å². The first-order valence-corrected chi connectivity index (χ1v) is 9.74. The Bertz CT molecular complexity index is 825. The normalized spacial score (nSPS) is 26.6. The summed E-state index contributed by atoms with van der Waals surface area (Å²) < 4.78 is 0. The molecule has 1 atom stereocenters. The number of imide groups is 1. The second kappa shape index (κ2) is 6.14.